The van der Waals surface area contributed by atoms with Crippen LogP contribution in [0.1, 0.15) is 5.56 Å². The first-order valence-electron chi connectivity index (χ1n) is 2.92. The van der Waals surface area contributed by atoms with Crippen LogP contribution in [0.25, 0.3) is 0 Å². The zero-order valence-corrected chi connectivity index (χ0v) is 8.08. The quantitative estimate of drug-likeness (QED) is 0.708. The van der Waals surface area contributed by atoms with Gasteiger partial charge in [-0.05, 0) is 33.8 Å². The molecular weight excluding hydrogens is 210 g/mol. The number of thioether (sulfide) groups is 1. The molecule has 1 aromatic heterocycles. The van der Waals surface area contributed by atoms with Gasteiger partial charge in [-0.1, -0.05) is 6.07 Å². The van der Waals surface area contributed by atoms with Crippen molar-refractivity contribution in [1.29, 1.82) is 0 Å². The molecule has 0 radical (unpaired) electrons. The van der Waals surface area contributed by atoms with Gasteiger partial charge >= 0.3 is 0 Å². The number of nitrogens with zero attached hydrogens (tertiary/aromatic N) is 1. The fourth-order valence-corrected chi connectivity index (χ4v) is 1.40. The van der Waals surface area contributed by atoms with Gasteiger partial charge in [0, 0.05) is 11.9 Å². The molecule has 54 valence electrons. The van der Waals surface area contributed by atoms with Crippen molar-refractivity contribution in [2.45, 2.75) is 5.75 Å². The molecule has 0 fully saturated rings. The van der Waals surface area contributed by atoms with Gasteiger partial charge < -0.3 is 0 Å². The lowest BCUT2D eigenvalue weighted by Gasteiger charge is -1.95. The van der Waals surface area contributed by atoms with Crippen LogP contribution in [-0.2, 0) is 5.75 Å². The summed E-state index contributed by atoms with van der Waals surface area (Å²) in [6, 6.07) is 4.04. The molecule has 0 atom stereocenters. The van der Waals surface area contributed by atoms with Crippen molar-refractivity contribution in [3.8, 4) is 0 Å². The SMILES string of the molecule is CSCc1ccc(Br)nc1. The average molecular weight is 218 g/mol. The lowest BCUT2D eigenvalue weighted by molar-refractivity contribution is 1.22. The topological polar surface area (TPSA) is 12.9 Å². The summed E-state index contributed by atoms with van der Waals surface area (Å²) in [7, 11) is 0. The molecule has 10 heavy (non-hydrogen) atoms. The number of halogens is 1. The van der Waals surface area contributed by atoms with Gasteiger partial charge in [-0.3, -0.25) is 0 Å². The third kappa shape index (κ3) is 2.31. The van der Waals surface area contributed by atoms with Crippen molar-refractivity contribution >= 4 is 27.7 Å². The van der Waals surface area contributed by atoms with Crippen LogP contribution >= 0.6 is 27.7 Å². The first-order chi connectivity index (χ1) is 4.83. The summed E-state index contributed by atoms with van der Waals surface area (Å²) in [5.74, 6) is 1.04. The van der Waals surface area contributed by atoms with Crippen molar-refractivity contribution in [2.75, 3.05) is 6.26 Å². The number of rotatable bonds is 2. The molecule has 0 aromatic carbocycles. The van der Waals surface area contributed by atoms with E-state index in [9.17, 15) is 0 Å². The molecule has 0 aliphatic carbocycles. The van der Waals surface area contributed by atoms with Crippen LogP contribution in [-0.4, -0.2) is 11.2 Å². The fraction of sp³-hybridized carbons (Fsp3) is 0.286. The van der Waals surface area contributed by atoms with Crippen molar-refractivity contribution in [3.63, 3.8) is 0 Å². The highest BCUT2D eigenvalue weighted by Gasteiger charge is 1.90. The van der Waals surface area contributed by atoms with Crippen LogP contribution in [0.3, 0.4) is 0 Å². The van der Waals surface area contributed by atoms with Crippen LogP contribution in [0, 0.1) is 0 Å². The molecule has 1 rings (SSSR count). The maximum atomic E-state index is 4.10. The Hall–Kier alpha value is -0.0200. The second-order valence-corrected chi connectivity index (χ2v) is 3.60. The Morgan fingerprint density at radius 2 is 2.40 bits per heavy atom. The van der Waals surface area contributed by atoms with E-state index in [-0.39, 0.29) is 0 Å². The van der Waals surface area contributed by atoms with Crippen molar-refractivity contribution in [3.05, 3.63) is 28.5 Å². The Labute approximate surface area is 73.4 Å². The molecular formula is C7H8BrNS. The van der Waals surface area contributed by atoms with Gasteiger partial charge in [-0.2, -0.15) is 11.8 Å². The Bertz CT molecular complexity index is 197. The minimum atomic E-state index is 0.900. The summed E-state index contributed by atoms with van der Waals surface area (Å²) in [6.45, 7) is 0. The van der Waals surface area contributed by atoms with E-state index in [1.54, 1.807) is 11.8 Å². The molecule has 0 aliphatic rings. The van der Waals surface area contributed by atoms with Crippen LogP contribution in [0.2, 0.25) is 0 Å². The van der Waals surface area contributed by atoms with Gasteiger partial charge in [0.25, 0.3) is 0 Å². The number of hydrogen-bond acceptors (Lipinski definition) is 2. The van der Waals surface area contributed by atoms with Gasteiger partial charge in [0.15, 0.2) is 0 Å². The normalized spacial score (nSPS) is 9.80. The van der Waals surface area contributed by atoms with Crippen LogP contribution in [0.4, 0.5) is 0 Å². The summed E-state index contributed by atoms with van der Waals surface area (Å²) in [5, 5.41) is 0. The van der Waals surface area contributed by atoms with E-state index in [1.807, 2.05) is 12.3 Å². The third-order valence-corrected chi connectivity index (χ3v) is 2.19. The van der Waals surface area contributed by atoms with E-state index in [0.717, 1.165) is 10.4 Å². The highest BCUT2D eigenvalue weighted by molar-refractivity contribution is 9.10. The molecule has 0 N–H and O–H groups in total. The summed E-state index contributed by atoms with van der Waals surface area (Å²) in [6.07, 6.45) is 3.97. The highest BCUT2D eigenvalue weighted by Crippen LogP contribution is 2.10. The zero-order valence-electron chi connectivity index (χ0n) is 5.67. The molecule has 1 aromatic rings. The Balaban J connectivity index is 2.69. The molecule has 0 bridgehead atoms. The van der Waals surface area contributed by atoms with Crippen LogP contribution in [0.5, 0.6) is 0 Å². The number of pyridine rings is 1. The molecule has 1 nitrogen and oxygen atoms in total. The first kappa shape index (κ1) is 8.08. The van der Waals surface area contributed by atoms with E-state index in [0.29, 0.717) is 0 Å². The highest BCUT2D eigenvalue weighted by atomic mass is 79.9. The van der Waals surface area contributed by atoms with E-state index in [2.05, 4.69) is 33.2 Å². The van der Waals surface area contributed by atoms with Crippen LogP contribution < -0.4 is 0 Å². The van der Waals surface area contributed by atoms with Gasteiger partial charge in [-0.15, -0.1) is 0 Å². The smallest absolute Gasteiger partial charge is 0.106 e. The predicted octanol–water partition coefficient (Wildman–Crippen LogP) is 2.71. The van der Waals surface area contributed by atoms with E-state index >= 15 is 0 Å². The summed E-state index contributed by atoms with van der Waals surface area (Å²) in [4.78, 5) is 4.10. The maximum absolute atomic E-state index is 4.10. The molecule has 0 aliphatic heterocycles. The van der Waals surface area contributed by atoms with Gasteiger partial charge in [0.2, 0.25) is 0 Å². The number of aromatic nitrogens is 1. The molecule has 0 unspecified atom stereocenters. The monoisotopic (exact) mass is 217 g/mol. The lowest BCUT2D eigenvalue weighted by Crippen LogP contribution is -1.81. The minimum absolute atomic E-state index is 0.900. The Kier molecular flexibility index (Phi) is 3.22. The van der Waals surface area contributed by atoms with Gasteiger partial charge in [-0.25, -0.2) is 4.98 Å². The second kappa shape index (κ2) is 3.98. The minimum Gasteiger partial charge on any atom is -0.249 e. The van der Waals surface area contributed by atoms with Crippen molar-refractivity contribution in [2.24, 2.45) is 0 Å². The predicted molar refractivity (Wildman–Crippen MR) is 49.2 cm³/mol. The first-order valence-corrected chi connectivity index (χ1v) is 5.11. The van der Waals surface area contributed by atoms with Gasteiger partial charge in [0.1, 0.15) is 4.60 Å². The molecule has 0 spiro atoms. The van der Waals surface area contributed by atoms with E-state index in [1.165, 1.54) is 5.56 Å². The summed E-state index contributed by atoms with van der Waals surface area (Å²) < 4.78 is 0.900. The lowest BCUT2D eigenvalue weighted by atomic mass is 10.3. The van der Waals surface area contributed by atoms with E-state index < -0.39 is 0 Å². The summed E-state index contributed by atoms with van der Waals surface area (Å²) in [5.41, 5.74) is 1.27. The fourth-order valence-electron chi connectivity index (χ4n) is 0.658. The zero-order chi connectivity index (χ0) is 7.40. The summed E-state index contributed by atoms with van der Waals surface area (Å²) >= 11 is 5.08. The third-order valence-electron chi connectivity index (χ3n) is 1.10. The molecule has 0 saturated carbocycles. The van der Waals surface area contributed by atoms with Crippen LogP contribution in [0.15, 0.2) is 22.9 Å². The van der Waals surface area contributed by atoms with Crippen molar-refractivity contribution in [1.82, 2.24) is 4.98 Å². The maximum Gasteiger partial charge on any atom is 0.106 e. The van der Waals surface area contributed by atoms with E-state index in [4.69, 9.17) is 0 Å². The Morgan fingerprint density at radius 1 is 1.60 bits per heavy atom. The largest absolute Gasteiger partial charge is 0.249 e. The molecule has 3 heteroatoms. The standard InChI is InChI=1S/C7H8BrNS/c1-10-5-6-2-3-7(8)9-4-6/h2-4H,5H2,1H3. The molecule has 0 saturated heterocycles. The van der Waals surface area contributed by atoms with Gasteiger partial charge in [0.05, 0.1) is 0 Å². The molecule has 0 amide bonds. The molecule has 1 heterocycles. The second-order valence-electron chi connectivity index (χ2n) is 1.92. The van der Waals surface area contributed by atoms with Crippen molar-refractivity contribution < 1.29 is 0 Å². The average Bonchev–Trinajstić information content (AvgIpc) is 1.95. The Morgan fingerprint density at radius 3 is 2.90 bits per heavy atom. The number of hydrogen-bond donors (Lipinski definition) is 0.